The summed E-state index contributed by atoms with van der Waals surface area (Å²) in [6, 6.07) is 16.1. The number of nitriles is 1. The van der Waals surface area contributed by atoms with Crippen LogP contribution in [0.5, 0.6) is 0 Å². The van der Waals surface area contributed by atoms with Gasteiger partial charge in [-0.25, -0.2) is 14.2 Å². The second kappa shape index (κ2) is 11.9. The lowest BCUT2D eigenvalue weighted by Gasteiger charge is -2.33. The Balaban J connectivity index is 1.59. The number of benzene rings is 3. The predicted octanol–water partition coefficient (Wildman–Crippen LogP) is 5.19. The van der Waals surface area contributed by atoms with Gasteiger partial charge in [-0.3, -0.25) is 9.59 Å². The summed E-state index contributed by atoms with van der Waals surface area (Å²) < 4.78 is 21.5. The summed E-state index contributed by atoms with van der Waals surface area (Å²) >= 11 is 0. The van der Waals surface area contributed by atoms with Crippen LogP contribution in [-0.2, 0) is 27.3 Å². The van der Waals surface area contributed by atoms with E-state index in [1.54, 1.807) is 67.8 Å². The third-order valence-electron chi connectivity index (χ3n) is 7.16. The van der Waals surface area contributed by atoms with Crippen molar-refractivity contribution >= 4 is 34.1 Å². The number of imidazole rings is 1. The van der Waals surface area contributed by atoms with E-state index < -0.39 is 29.5 Å². The van der Waals surface area contributed by atoms with Crippen molar-refractivity contribution < 1.29 is 23.8 Å². The van der Waals surface area contributed by atoms with E-state index in [1.165, 1.54) is 25.4 Å². The molecule has 1 heterocycles. The molecule has 0 aliphatic rings. The largest absolute Gasteiger partial charge is 0.378 e. The Morgan fingerprint density at radius 1 is 1.14 bits per heavy atom. The molecular weight excluding hydrogens is 537 g/mol. The number of ether oxygens (including phenoxy) is 1. The zero-order valence-corrected chi connectivity index (χ0v) is 23.7. The first kappa shape index (κ1) is 30.1. The number of ketones is 1. The highest BCUT2D eigenvalue weighted by Crippen LogP contribution is 2.26. The highest BCUT2D eigenvalue weighted by molar-refractivity contribution is 5.97. The van der Waals surface area contributed by atoms with Crippen LogP contribution < -0.4 is 5.32 Å². The van der Waals surface area contributed by atoms with E-state index in [0.717, 1.165) is 5.56 Å². The van der Waals surface area contributed by atoms with Crippen molar-refractivity contribution in [2.45, 2.75) is 51.9 Å². The molecule has 0 spiro atoms. The minimum Gasteiger partial charge on any atom is -0.378 e. The van der Waals surface area contributed by atoms with Gasteiger partial charge in [0, 0.05) is 18.2 Å². The fourth-order valence-electron chi connectivity index (χ4n) is 4.53. The molecule has 10 heteroatoms. The molecule has 0 fully saturated rings. The predicted molar refractivity (Wildman–Crippen MR) is 155 cm³/mol. The van der Waals surface area contributed by atoms with Gasteiger partial charge in [0.25, 0.3) is 5.91 Å². The third kappa shape index (κ3) is 6.52. The zero-order chi connectivity index (χ0) is 30.7. The first-order valence-electron chi connectivity index (χ1n) is 13.1. The van der Waals surface area contributed by atoms with Crippen LogP contribution in [0.4, 0.5) is 15.8 Å². The van der Waals surface area contributed by atoms with E-state index in [-0.39, 0.29) is 18.7 Å². The number of rotatable bonds is 10. The molecule has 4 rings (SSSR count). The Bertz CT molecular complexity index is 1770. The van der Waals surface area contributed by atoms with E-state index >= 15 is 0 Å². The number of nitrogens with one attached hydrogen (secondary N) is 1. The average Bonchev–Trinajstić information content (AvgIpc) is 3.33. The van der Waals surface area contributed by atoms with Crippen LogP contribution in [0.25, 0.3) is 15.9 Å². The van der Waals surface area contributed by atoms with E-state index in [1.807, 2.05) is 0 Å². The summed E-state index contributed by atoms with van der Waals surface area (Å²) in [5, 5.41) is 22.9. The minimum absolute atomic E-state index is 0.0282. The van der Waals surface area contributed by atoms with Gasteiger partial charge in [0.1, 0.15) is 11.4 Å². The molecule has 0 saturated carbocycles. The van der Waals surface area contributed by atoms with Gasteiger partial charge in [-0.2, -0.15) is 5.26 Å². The van der Waals surface area contributed by atoms with Gasteiger partial charge in [0.2, 0.25) is 0 Å². The van der Waals surface area contributed by atoms with Crippen LogP contribution in [0, 0.1) is 37.6 Å². The van der Waals surface area contributed by atoms with Crippen molar-refractivity contribution in [2.75, 3.05) is 11.9 Å². The SMILES string of the molecule is [C-]#[N+]c1ccc(CC(=O)[C@](C)(Cn2cnc3cc(F)ccc32)OC[C@](C)(O)C(=O)Nc2ccc(C#N)c(C)c2)cc1C. The summed E-state index contributed by atoms with van der Waals surface area (Å²) in [6.07, 6.45) is 1.45. The van der Waals surface area contributed by atoms with Crippen molar-refractivity contribution in [1.29, 1.82) is 5.26 Å². The number of hydrogen-bond acceptors (Lipinski definition) is 6. The Hall–Kier alpha value is -4.90. The van der Waals surface area contributed by atoms with Gasteiger partial charge in [-0.05, 0) is 74.7 Å². The average molecular weight is 568 g/mol. The van der Waals surface area contributed by atoms with Gasteiger partial charge in [-0.1, -0.05) is 18.2 Å². The molecule has 0 saturated heterocycles. The van der Waals surface area contributed by atoms with Crippen LogP contribution in [0.1, 0.15) is 36.1 Å². The third-order valence-corrected chi connectivity index (χ3v) is 7.16. The fourth-order valence-corrected chi connectivity index (χ4v) is 4.53. The van der Waals surface area contributed by atoms with E-state index in [0.29, 0.717) is 39.1 Å². The quantitative estimate of drug-likeness (QED) is 0.254. The maximum atomic E-state index is 13.8. The lowest BCUT2D eigenvalue weighted by Crippen LogP contribution is -2.50. The van der Waals surface area contributed by atoms with Crippen molar-refractivity contribution in [1.82, 2.24) is 9.55 Å². The van der Waals surface area contributed by atoms with Gasteiger partial charge in [0.15, 0.2) is 17.1 Å². The molecular formula is C32H30FN5O4. The summed E-state index contributed by atoms with van der Waals surface area (Å²) in [4.78, 5) is 34.5. The first-order chi connectivity index (χ1) is 19.8. The van der Waals surface area contributed by atoms with E-state index in [9.17, 15) is 19.1 Å². The lowest BCUT2D eigenvalue weighted by atomic mass is 9.93. The molecule has 0 aliphatic heterocycles. The van der Waals surface area contributed by atoms with E-state index in [2.05, 4.69) is 21.2 Å². The number of Topliss-reactive ketones (excluding diaryl/α,β-unsaturated/α-hetero) is 1. The number of fused-ring (bicyclic) bond motifs is 1. The summed E-state index contributed by atoms with van der Waals surface area (Å²) in [7, 11) is 0. The Morgan fingerprint density at radius 2 is 1.90 bits per heavy atom. The number of aromatic nitrogens is 2. The van der Waals surface area contributed by atoms with E-state index in [4.69, 9.17) is 16.6 Å². The molecule has 1 amide bonds. The van der Waals surface area contributed by atoms with Crippen LogP contribution in [0.15, 0.2) is 60.9 Å². The maximum absolute atomic E-state index is 13.8. The second-order valence-corrected chi connectivity index (χ2v) is 10.7. The topological polar surface area (TPSA) is 122 Å². The number of halogens is 1. The van der Waals surface area contributed by atoms with Gasteiger partial charge in [-0.15, -0.1) is 0 Å². The molecule has 2 N–H and O–H groups in total. The van der Waals surface area contributed by atoms with Gasteiger partial charge < -0.3 is 19.7 Å². The number of amides is 1. The van der Waals surface area contributed by atoms with Crippen LogP contribution in [0.2, 0.25) is 0 Å². The monoisotopic (exact) mass is 567 g/mol. The fraction of sp³-hybridized carbons (Fsp3) is 0.281. The number of nitrogens with zero attached hydrogens (tertiary/aromatic N) is 4. The second-order valence-electron chi connectivity index (χ2n) is 10.7. The Labute approximate surface area is 243 Å². The number of carbonyl (C=O) groups excluding carboxylic acids is 2. The van der Waals surface area contributed by atoms with Crippen LogP contribution in [-0.4, -0.2) is 44.2 Å². The van der Waals surface area contributed by atoms with Crippen molar-refractivity contribution in [2.24, 2.45) is 0 Å². The number of carbonyl (C=O) groups is 2. The molecule has 214 valence electrons. The zero-order valence-electron chi connectivity index (χ0n) is 23.7. The molecule has 42 heavy (non-hydrogen) atoms. The molecule has 0 bridgehead atoms. The number of aryl methyl sites for hydroxylation is 2. The van der Waals surface area contributed by atoms with Crippen molar-refractivity contribution in [3.05, 3.63) is 100 Å². The smallest absolute Gasteiger partial charge is 0.258 e. The first-order valence-corrected chi connectivity index (χ1v) is 13.1. The minimum atomic E-state index is -2.03. The molecule has 0 radical (unpaired) electrons. The molecule has 4 aromatic rings. The molecule has 2 atom stereocenters. The van der Waals surface area contributed by atoms with Gasteiger partial charge in [0.05, 0.1) is 48.7 Å². The summed E-state index contributed by atoms with van der Waals surface area (Å²) in [5.74, 6) is -1.53. The number of anilines is 1. The highest BCUT2D eigenvalue weighted by atomic mass is 19.1. The lowest BCUT2D eigenvalue weighted by molar-refractivity contribution is -0.161. The normalized spacial score (nSPS) is 13.9. The molecule has 1 aromatic heterocycles. The molecule has 0 aliphatic carbocycles. The molecule has 0 unspecified atom stereocenters. The number of hydrogen-bond donors (Lipinski definition) is 2. The number of aliphatic hydroxyl groups is 1. The Morgan fingerprint density at radius 3 is 2.57 bits per heavy atom. The maximum Gasteiger partial charge on any atom is 0.258 e. The van der Waals surface area contributed by atoms with Crippen LogP contribution >= 0.6 is 0 Å². The van der Waals surface area contributed by atoms with Gasteiger partial charge >= 0.3 is 0 Å². The van der Waals surface area contributed by atoms with Crippen molar-refractivity contribution in [3.8, 4) is 6.07 Å². The van der Waals surface area contributed by atoms with Crippen molar-refractivity contribution in [3.63, 3.8) is 0 Å². The van der Waals surface area contributed by atoms with Crippen LogP contribution in [0.3, 0.4) is 0 Å². The highest BCUT2D eigenvalue weighted by Gasteiger charge is 2.40. The standard InChI is InChI=1S/C32H30FN5O4/c1-20-13-25(9-7-23(20)16-34)37-30(40)31(3,41)18-42-32(4,17-38-19-36-27-15-24(33)8-11-28(27)38)29(39)14-22-6-10-26(35-5)21(2)12-22/h6-13,15,19,41H,14,17-18H2,1-4H3,(H,37,40)/t31-,32-/m0/s1. The summed E-state index contributed by atoms with van der Waals surface area (Å²) in [5.41, 5.74) is 0.837. The Kier molecular flexibility index (Phi) is 8.53. The molecule has 9 nitrogen and oxygen atoms in total. The molecule has 3 aromatic carbocycles. The summed E-state index contributed by atoms with van der Waals surface area (Å²) in [6.45, 7) is 13.1.